The molecule has 2 aromatic carbocycles. The first-order valence-electron chi connectivity index (χ1n) is 16.0. The van der Waals surface area contributed by atoms with Crippen LogP contribution in [0, 0.1) is 11.8 Å². The Morgan fingerprint density at radius 3 is 2.36 bits per heavy atom. The fourth-order valence-electron chi connectivity index (χ4n) is 5.95. The lowest BCUT2D eigenvalue weighted by Gasteiger charge is -2.33. The third kappa shape index (κ3) is 8.30. The smallest absolute Gasteiger partial charge is 0.247 e. The number of ether oxygens (including phenoxy) is 1. The van der Waals surface area contributed by atoms with E-state index in [1.165, 1.54) is 4.90 Å². The number of carbonyl (C=O) groups excluding carboxylic acids is 4. The van der Waals surface area contributed by atoms with Gasteiger partial charge < -0.3 is 30.9 Å². The van der Waals surface area contributed by atoms with Crippen molar-refractivity contribution in [2.75, 3.05) is 13.6 Å². The van der Waals surface area contributed by atoms with Gasteiger partial charge in [0.25, 0.3) is 0 Å². The summed E-state index contributed by atoms with van der Waals surface area (Å²) >= 11 is 0. The maximum atomic E-state index is 14.4. The average molecular weight is 618 g/mol. The van der Waals surface area contributed by atoms with Crippen LogP contribution in [0.4, 0.5) is 0 Å². The molecule has 10 nitrogen and oxygen atoms in total. The van der Waals surface area contributed by atoms with Crippen LogP contribution >= 0.6 is 0 Å². The van der Waals surface area contributed by atoms with Crippen LogP contribution in [0.1, 0.15) is 58.1 Å². The highest BCUT2D eigenvalue weighted by Gasteiger charge is 2.46. The summed E-state index contributed by atoms with van der Waals surface area (Å²) in [7, 11) is 1.73. The Balaban J connectivity index is 1.69. The van der Waals surface area contributed by atoms with Crippen molar-refractivity contribution in [3.05, 3.63) is 71.9 Å². The van der Waals surface area contributed by atoms with Crippen LogP contribution in [-0.4, -0.2) is 72.4 Å². The second kappa shape index (κ2) is 15.7. The molecule has 3 aliphatic rings. The minimum absolute atomic E-state index is 0.0438. The van der Waals surface area contributed by atoms with Gasteiger partial charge in [-0.3, -0.25) is 19.2 Å². The molecule has 1 saturated heterocycles. The van der Waals surface area contributed by atoms with Crippen LogP contribution in [-0.2, 0) is 25.6 Å². The number of likely N-dealkylation sites (tertiary alicyclic amines) is 1. The first-order valence-corrected chi connectivity index (χ1v) is 16.0. The lowest BCUT2D eigenvalue weighted by atomic mass is 9.97. The highest BCUT2D eigenvalue weighted by molar-refractivity contribution is 5.96. The monoisotopic (exact) mass is 617 g/mol. The third-order valence-electron chi connectivity index (χ3n) is 9.06. The van der Waals surface area contributed by atoms with Gasteiger partial charge in [0.2, 0.25) is 23.6 Å². The van der Waals surface area contributed by atoms with Crippen LogP contribution in [0.15, 0.2) is 60.8 Å². The Hall–Kier alpha value is -4.18. The molecular formula is C35H47N5O5. The van der Waals surface area contributed by atoms with Crippen LogP contribution in [0.25, 0.3) is 6.08 Å². The second-order valence-electron chi connectivity index (χ2n) is 12.1. The Morgan fingerprint density at radius 1 is 1.00 bits per heavy atom. The molecule has 0 aromatic heterocycles. The first-order chi connectivity index (χ1) is 21.7. The lowest BCUT2D eigenvalue weighted by molar-refractivity contribution is -0.144. The van der Waals surface area contributed by atoms with Gasteiger partial charge in [0.15, 0.2) is 0 Å². The van der Waals surface area contributed by atoms with E-state index in [1.807, 2.05) is 70.2 Å². The fourth-order valence-corrected chi connectivity index (χ4v) is 5.95. The fraction of sp³-hybridized carbons (Fsp3) is 0.486. The number of likely N-dealkylation sites (N-methyl/N-ethyl adjacent to an activating group) is 1. The van der Waals surface area contributed by atoms with Crippen molar-refractivity contribution >= 4 is 29.7 Å². The van der Waals surface area contributed by atoms with E-state index >= 15 is 0 Å². The molecule has 2 bridgehead atoms. The standard InChI is InChI=1S/C35H47N5O5/c1-6-22(3)29(36-5)33(42)38-27(21-25-11-9-8-10-12-25)35(44)40-20-18-28-31(40)34(43)39-30(23(4)7-2)32(41)37-19-17-24-13-15-26(45-28)16-14-24/h8-17,19,22-23,27-31,36H,6-7,18,20-21H2,1-5H3,(H,37,41)(H,38,42)(H,39,43)/b19-17-/t22-,23-,27-,28-,29-,30-,31-/m0/s1. The van der Waals surface area contributed by atoms with Crippen LogP contribution in [0.5, 0.6) is 5.75 Å². The predicted molar refractivity (Wildman–Crippen MR) is 174 cm³/mol. The van der Waals surface area contributed by atoms with Crippen molar-refractivity contribution in [2.24, 2.45) is 11.8 Å². The molecule has 0 spiro atoms. The van der Waals surface area contributed by atoms with Gasteiger partial charge in [-0.25, -0.2) is 0 Å². The van der Waals surface area contributed by atoms with Crippen LogP contribution < -0.4 is 26.0 Å². The van der Waals surface area contributed by atoms with Crippen molar-refractivity contribution in [1.29, 1.82) is 0 Å². The molecule has 0 radical (unpaired) electrons. The molecule has 10 heteroatoms. The lowest BCUT2D eigenvalue weighted by Crippen LogP contribution is -2.61. The van der Waals surface area contributed by atoms with Crippen molar-refractivity contribution in [3.8, 4) is 5.75 Å². The van der Waals surface area contributed by atoms with Gasteiger partial charge in [0, 0.05) is 25.6 Å². The highest BCUT2D eigenvalue weighted by Crippen LogP contribution is 2.27. The number of benzene rings is 2. The van der Waals surface area contributed by atoms with E-state index in [0.29, 0.717) is 18.6 Å². The van der Waals surface area contributed by atoms with Gasteiger partial charge in [-0.1, -0.05) is 83.0 Å². The van der Waals surface area contributed by atoms with E-state index in [2.05, 4.69) is 21.3 Å². The van der Waals surface area contributed by atoms with E-state index in [9.17, 15) is 19.2 Å². The molecule has 3 aliphatic heterocycles. The number of fused-ring (bicyclic) bond motifs is 7. The number of nitrogens with one attached hydrogen (secondary N) is 4. The number of rotatable bonds is 10. The number of amides is 4. The van der Waals surface area contributed by atoms with E-state index < -0.39 is 36.2 Å². The van der Waals surface area contributed by atoms with Gasteiger partial charge in [-0.15, -0.1) is 0 Å². The Labute approximate surface area is 266 Å². The first kappa shape index (κ1) is 33.7. The summed E-state index contributed by atoms with van der Waals surface area (Å²) in [5.41, 5.74) is 1.75. The van der Waals surface area contributed by atoms with Crippen molar-refractivity contribution in [3.63, 3.8) is 0 Å². The van der Waals surface area contributed by atoms with Gasteiger partial charge in [0.1, 0.15) is 30.0 Å². The van der Waals surface area contributed by atoms with E-state index in [4.69, 9.17) is 4.74 Å². The Kier molecular flexibility index (Phi) is 11.8. The molecule has 3 heterocycles. The zero-order valence-corrected chi connectivity index (χ0v) is 26.9. The molecule has 4 N–H and O–H groups in total. The van der Waals surface area contributed by atoms with Gasteiger partial charge in [0.05, 0.1) is 6.04 Å². The largest absolute Gasteiger partial charge is 0.488 e. The molecule has 7 atom stereocenters. The number of hydrogen-bond acceptors (Lipinski definition) is 6. The van der Waals surface area contributed by atoms with Crippen LogP contribution in [0.2, 0.25) is 0 Å². The highest BCUT2D eigenvalue weighted by atomic mass is 16.5. The molecule has 45 heavy (non-hydrogen) atoms. The molecule has 0 aliphatic carbocycles. The van der Waals surface area contributed by atoms with Gasteiger partial charge in [-0.2, -0.15) is 0 Å². The van der Waals surface area contributed by atoms with Gasteiger partial charge >= 0.3 is 0 Å². The minimum Gasteiger partial charge on any atom is -0.488 e. The molecule has 0 saturated carbocycles. The average Bonchev–Trinajstić information content (AvgIpc) is 3.47. The van der Waals surface area contributed by atoms with Crippen molar-refractivity contribution in [1.82, 2.24) is 26.2 Å². The number of nitrogens with zero attached hydrogens (tertiary/aromatic N) is 1. The van der Waals surface area contributed by atoms with E-state index in [1.54, 1.807) is 31.5 Å². The Bertz CT molecular complexity index is 1350. The zero-order valence-electron chi connectivity index (χ0n) is 26.9. The minimum atomic E-state index is -1.01. The van der Waals surface area contributed by atoms with Crippen molar-refractivity contribution in [2.45, 2.75) is 83.6 Å². The summed E-state index contributed by atoms with van der Waals surface area (Å²) in [5.74, 6) is -1.00. The third-order valence-corrected chi connectivity index (χ3v) is 9.06. The Morgan fingerprint density at radius 2 is 1.71 bits per heavy atom. The number of carbonyl (C=O) groups is 4. The quantitative estimate of drug-likeness (QED) is 0.325. The SMILES string of the molecule is CC[C@H](C)[C@H](NC)C(=O)N[C@@H](Cc1ccccc1)C(=O)N1CC[C@@H]2Oc3ccc(cc3)/C=C\NC(=O)[C@H]([C@@H](C)CC)NC(=O)[C@H]21. The maximum Gasteiger partial charge on any atom is 0.247 e. The summed E-state index contributed by atoms with van der Waals surface area (Å²) in [4.78, 5) is 56.8. The van der Waals surface area contributed by atoms with E-state index in [-0.39, 0.29) is 42.5 Å². The summed E-state index contributed by atoms with van der Waals surface area (Å²) in [6, 6.07) is 13.6. The molecule has 2 aromatic rings. The maximum absolute atomic E-state index is 14.4. The summed E-state index contributed by atoms with van der Waals surface area (Å²) in [6.07, 6.45) is 4.79. The molecule has 1 fully saturated rings. The van der Waals surface area contributed by atoms with Crippen LogP contribution in [0.3, 0.4) is 0 Å². The topological polar surface area (TPSA) is 129 Å². The van der Waals surface area contributed by atoms with E-state index in [0.717, 1.165) is 17.5 Å². The predicted octanol–water partition coefficient (Wildman–Crippen LogP) is 3.03. The van der Waals surface area contributed by atoms with Crippen molar-refractivity contribution < 1.29 is 23.9 Å². The molecule has 242 valence electrons. The number of hydrogen-bond donors (Lipinski definition) is 4. The molecule has 4 amide bonds. The summed E-state index contributed by atoms with van der Waals surface area (Å²) in [6.45, 7) is 8.12. The molecule has 0 unspecified atom stereocenters. The summed E-state index contributed by atoms with van der Waals surface area (Å²) in [5, 5.41) is 11.8. The van der Waals surface area contributed by atoms with Gasteiger partial charge in [-0.05, 0) is 48.2 Å². The molecule has 5 rings (SSSR count). The zero-order chi connectivity index (χ0) is 32.5. The molecular weight excluding hydrogens is 570 g/mol. The normalized spacial score (nSPS) is 23.3. The second-order valence-corrected chi connectivity index (χ2v) is 12.1. The summed E-state index contributed by atoms with van der Waals surface area (Å²) < 4.78 is 6.34.